The zero-order valence-corrected chi connectivity index (χ0v) is 16.9. The Balaban J connectivity index is 2.15. The zero-order chi connectivity index (χ0) is 21.1. The second-order valence-electron chi connectivity index (χ2n) is 6.63. The second kappa shape index (κ2) is 8.26. The predicted molar refractivity (Wildman–Crippen MR) is 111 cm³/mol. The molecule has 0 aliphatic heterocycles. The third kappa shape index (κ3) is 3.76. The van der Waals surface area contributed by atoms with E-state index in [1.54, 1.807) is 48.9 Å². The van der Waals surface area contributed by atoms with Crippen LogP contribution in [0.1, 0.15) is 18.1 Å². The van der Waals surface area contributed by atoms with E-state index >= 15 is 0 Å². The van der Waals surface area contributed by atoms with Crippen LogP contribution < -0.4 is 20.7 Å². The summed E-state index contributed by atoms with van der Waals surface area (Å²) in [5.74, 6) is 1.23. The molecule has 2 aromatic carbocycles. The van der Waals surface area contributed by atoms with Crippen molar-refractivity contribution in [2.45, 2.75) is 26.9 Å². The summed E-state index contributed by atoms with van der Waals surface area (Å²) >= 11 is 0. The van der Waals surface area contributed by atoms with Gasteiger partial charge in [-0.2, -0.15) is 0 Å². The minimum Gasteiger partial charge on any atom is -0.508 e. The Hall–Kier alpha value is -3.48. The summed E-state index contributed by atoms with van der Waals surface area (Å²) in [5.41, 5.74) is 1.75. The van der Waals surface area contributed by atoms with Crippen LogP contribution in [-0.4, -0.2) is 28.5 Å². The summed E-state index contributed by atoms with van der Waals surface area (Å²) in [4.78, 5) is 26.2. The average Bonchev–Trinajstić information content (AvgIpc) is 2.74. The number of phenols is 1. The molecular formula is C22H24N2O5. The molecule has 0 spiro atoms. The van der Waals surface area contributed by atoms with Gasteiger partial charge in [-0.05, 0) is 61.4 Å². The maximum Gasteiger partial charge on any atom is 0.331 e. The molecule has 3 rings (SSSR count). The Morgan fingerprint density at radius 1 is 0.931 bits per heavy atom. The van der Waals surface area contributed by atoms with Crippen LogP contribution in [0.25, 0.3) is 11.3 Å². The smallest absolute Gasteiger partial charge is 0.331 e. The number of aromatic nitrogens is 2. The molecule has 0 unspecified atom stereocenters. The molecule has 7 heteroatoms. The van der Waals surface area contributed by atoms with Crippen LogP contribution in [0.5, 0.6) is 17.2 Å². The Bertz CT molecular complexity index is 1140. The first-order valence-electron chi connectivity index (χ1n) is 9.25. The van der Waals surface area contributed by atoms with Crippen LogP contribution >= 0.6 is 0 Å². The highest BCUT2D eigenvalue weighted by Crippen LogP contribution is 2.28. The molecule has 0 fully saturated rings. The number of rotatable bonds is 6. The summed E-state index contributed by atoms with van der Waals surface area (Å²) in [7, 11) is 3.09. The third-order valence-corrected chi connectivity index (χ3v) is 4.90. The maximum atomic E-state index is 13.1. The lowest BCUT2D eigenvalue weighted by Gasteiger charge is -2.17. The summed E-state index contributed by atoms with van der Waals surface area (Å²) < 4.78 is 13.4. The molecule has 0 saturated heterocycles. The van der Waals surface area contributed by atoms with Gasteiger partial charge in [0, 0.05) is 12.1 Å². The fraction of sp³-hybridized carbons (Fsp3) is 0.273. The number of aromatic hydroxyl groups is 1. The van der Waals surface area contributed by atoms with Gasteiger partial charge in [0.2, 0.25) is 0 Å². The van der Waals surface area contributed by atoms with Crippen LogP contribution in [0.4, 0.5) is 0 Å². The van der Waals surface area contributed by atoms with E-state index in [2.05, 4.69) is 0 Å². The quantitative estimate of drug-likeness (QED) is 0.693. The number of benzene rings is 2. The minimum absolute atomic E-state index is 0.120. The third-order valence-electron chi connectivity index (χ3n) is 4.90. The summed E-state index contributed by atoms with van der Waals surface area (Å²) in [5, 5.41) is 9.54. The molecule has 0 atom stereocenters. The zero-order valence-electron chi connectivity index (χ0n) is 16.9. The van der Waals surface area contributed by atoms with Gasteiger partial charge in [-0.15, -0.1) is 0 Å². The molecule has 0 amide bonds. The van der Waals surface area contributed by atoms with Gasteiger partial charge in [-0.1, -0.05) is 6.07 Å². The number of hydrogen-bond acceptors (Lipinski definition) is 5. The Labute approximate surface area is 168 Å². The fourth-order valence-electron chi connectivity index (χ4n) is 3.42. The maximum absolute atomic E-state index is 13.1. The summed E-state index contributed by atoms with van der Waals surface area (Å²) in [6.07, 6.45) is 0. The van der Waals surface area contributed by atoms with Crippen molar-refractivity contribution >= 4 is 0 Å². The van der Waals surface area contributed by atoms with Gasteiger partial charge in [0.25, 0.3) is 5.56 Å². The van der Waals surface area contributed by atoms with Gasteiger partial charge >= 0.3 is 5.69 Å². The molecule has 7 nitrogen and oxygen atoms in total. The molecule has 0 aliphatic carbocycles. The van der Waals surface area contributed by atoms with Crippen molar-refractivity contribution in [3.05, 3.63) is 74.4 Å². The van der Waals surface area contributed by atoms with E-state index in [1.165, 1.54) is 23.8 Å². The number of methoxy groups -OCH3 is 2. The standard InChI is InChI=1S/C22H24N2O5/c1-5-23-20(16-7-9-17(25)10-8-16)14(2)21(26)24(22(23)27)13-15-6-11-18(28-3)19(12-15)29-4/h6-12,25H,5,13H2,1-4H3. The van der Waals surface area contributed by atoms with E-state index in [1.807, 2.05) is 6.92 Å². The summed E-state index contributed by atoms with van der Waals surface area (Å²) in [6, 6.07) is 11.8. The normalized spacial score (nSPS) is 10.8. The lowest BCUT2D eigenvalue weighted by atomic mass is 10.1. The van der Waals surface area contributed by atoms with E-state index in [4.69, 9.17) is 9.47 Å². The van der Waals surface area contributed by atoms with Crippen LogP contribution in [0.15, 0.2) is 52.1 Å². The highest BCUT2D eigenvalue weighted by molar-refractivity contribution is 5.63. The van der Waals surface area contributed by atoms with Crippen molar-refractivity contribution in [1.82, 2.24) is 9.13 Å². The molecule has 0 bridgehead atoms. The van der Waals surface area contributed by atoms with E-state index in [-0.39, 0.29) is 23.5 Å². The van der Waals surface area contributed by atoms with Gasteiger partial charge in [-0.3, -0.25) is 13.9 Å². The van der Waals surface area contributed by atoms with Gasteiger partial charge < -0.3 is 14.6 Å². The Morgan fingerprint density at radius 2 is 1.59 bits per heavy atom. The first-order chi connectivity index (χ1) is 13.9. The van der Waals surface area contributed by atoms with Crippen molar-refractivity contribution in [1.29, 1.82) is 0 Å². The summed E-state index contributed by atoms with van der Waals surface area (Å²) in [6.45, 7) is 4.09. The molecule has 1 N–H and O–H groups in total. The van der Waals surface area contributed by atoms with Crippen molar-refractivity contribution in [3.8, 4) is 28.5 Å². The van der Waals surface area contributed by atoms with Gasteiger partial charge in [0.1, 0.15) is 5.75 Å². The van der Waals surface area contributed by atoms with Crippen molar-refractivity contribution < 1.29 is 14.6 Å². The first kappa shape index (κ1) is 20.3. The fourth-order valence-corrected chi connectivity index (χ4v) is 3.42. The molecule has 0 saturated carbocycles. The first-order valence-corrected chi connectivity index (χ1v) is 9.25. The van der Waals surface area contributed by atoms with E-state index in [0.29, 0.717) is 34.9 Å². The number of ether oxygens (including phenoxy) is 2. The van der Waals surface area contributed by atoms with Crippen molar-refractivity contribution in [2.24, 2.45) is 0 Å². The number of hydrogen-bond donors (Lipinski definition) is 1. The van der Waals surface area contributed by atoms with Crippen LogP contribution in [0.2, 0.25) is 0 Å². The van der Waals surface area contributed by atoms with Gasteiger partial charge in [0.05, 0.1) is 26.5 Å². The largest absolute Gasteiger partial charge is 0.508 e. The molecule has 1 heterocycles. The Morgan fingerprint density at radius 3 is 2.17 bits per heavy atom. The van der Waals surface area contributed by atoms with E-state index in [0.717, 1.165) is 5.56 Å². The topological polar surface area (TPSA) is 82.7 Å². The SMILES string of the molecule is CCn1c(-c2ccc(O)cc2)c(C)c(=O)n(Cc2ccc(OC)c(OC)c2)c1=O. The van der Waals surface area contributed by atoms with Crippen LogP contribution in [0.3, 0.4) is 0 Å². The molecule has 0 aliphatic rings. The molecule has 29 heavy (non-hydrogen) atoms. The Kier molecular flexibility index (Phi) is 5.77. The van der Waals surface area contributed by atoms with Gasteiger partial charge in [0.15, 0.2) is 11.5 Å². The lowest BCUT2D eigenvalue weighted by Crippen LogP contribution is -2.42. The van der Waals surface area contributed by atoms with E-state index < -0.39 is 0 Å². The molecular weight excluding hydrogens is 372 g/mol. The molecule has 3 aromatic rings. The predicted octanol–water partition coefficient (Wildman–Crippen LogP) is 2.78. The molecule has 0 radical (unpaired) electrons. The molecule has 152 valence electrons. The van der Waals surface area contributed by atoms with Crippen molar-refractivity contribution in [2.75, 3.05) is 14.2 Å². The van der Waals surface area contributed by atoms with E-state index in [9.17, 15) is 14.7 Å². The highest BCUT2D eigenvalue weighted by Gasteiger charge is 2.17. The van der Waals surface area contributed by atoms with Crippen molar-refractivity contribution in [3.63, 3.8) is 0 Å². The second-order valence-corrected chi connectivity index (χ2v) is 6.63. The van der Waals surface area contributed by atoms with Crippen LogP contribution in [0, 0.1) is 6.92 Å². The lowest BCUT2D eigenvalue weighted by molar-refractivity contribution is 0.354. The van der Waals surface area contributed by atoms with Crippen LogP contribution in [-0.2, 0) is 13.1 Å². The van der Waals surface area contributed by atoms with Gasteiger partial charge in [-0.25, -0.2) is 4.79 Å². The molecule has 1 aromatic heterocycles. The minimum atomic E-state index is -0.388. The number of phenolic OH excluding ortho intramolecular Hbond substituents is 1. The average molecular weight is 396 g/mol. The highest BCUT2D eigenvalue weighted by atomic mass is 16.5. The number of nitrogens with zero attached hydrogens (tertiary/aromatic N) is 2. The monoisotopic (exact) mass is 396 g/mol.